The minimum atomic E-state index is -0.655. The van der Waals surface area contributed by atoms with Gasteiger partial charge in [-0.2, -0.15) is 0 Å². The SMILES string of the molecule is CC1CCC(C(C)C)C(C(C(N)O)C2CC(C)CCC2C(C)C)C1. The molecule has 0 aliphatic heterocycles. The van der Waals surface area contributed by atoms with Crippen molar-refractivity contribution in [2.24, 2.45) is 59.0 Å². The highest BCUT2D eigenvalue weighted by Crippen LogP contribution is 2.50. The molecule has 2 rings (SSSR count). The Morgan fingerprint density at radius 2 is 1.08 bits per heavy atom. The average Bonchev–Trinajstić information content (AvgIpc) is 2.46. The van der Waals surface area contributed by atoms with Crippen molar-refractivity contribution in [3.8, 4) is 0 Å². The fourth-order valence-electron chi connectivity index (χ4n) is 6.26. The van der Waals surface area contributed by atoms with E-state index in [-0.39, 0.29) is 5.92 Å². The molecule has 0 saturated heterocycles. The number of hydrogen-bond acceptors (Lipinski definition) is 2. The normalized spacial score (nSPS) is 40.8. The highest BCUT2D eigenvalue weighted by atomic mass is 16.3. The van der Waals surface area contributed by atoms with Gasteiger partial charge in [0.25, 0.3) is 0 Å². The fraction of sp³-hybridized carbons (Fsp3) is 1.00. The van der Waals surface area contributed by atoms with Crippen molar-refractivity contribution in [2.75, 3.05) is 0 Å². The molecule has 2 fully saturated rings. The van der Waals surface area contributed by atoms with Crippen LogP contribution in [-0.4, -0.2) is 11.3 Å². The van der Waals surface area contributed by atoms with Crippen LogP contribution in [0, 0.1) is 53.3 Å². The first-order chi connectivity index (χ1) is 11.2. The summed E-state index contributed by atoms with van der Waals surface area (Å²) in [6.07, 6.45) is 7.21. The fourth-order valence-corrected chi connectivity index (χ4v) is 6.26. The summed E-state index contributed by atoms with van der Waals surface area (Å²) in [5, 5.41) is 10.7. The Labute approximate surface area is 151 Å². The van der Waals surface area contributed by atoms with E-state index in [1.807, 2.05) is 0 Å². The molecule has 0 heterocycles. The predicted molar refractivity (Wildman–Crippen MR) is 103 cm³/mol. The van der Waals surface area contributed by atoms with Gasteiger partial charge in [-0.3, -0.25) is 0 Å². The minimum Gasteiger partial charge on any atom is -0.379 e. The monoisotopic (exact) mass is 337 g/mol. The first-order valence-corrected chi connectivity index (χ1v) is 10.7. The van der Waals surface area contributed by atoms with E-state index in [2.05, 4.69) is 41.5 Å². The Morgan fingerprint density at radius 3 is 1.38 bits per heavy atom. The van der Waals surface area contributed by atoms with Crippen LogP contribution in [0.25, 0.3) is 0 Å². The summed E-state index contributed by atoms with van der Waals surface area (Å²) in [6.45, 7) is 14.3. The van der Waals surface area contributed by atoms with Crippen molar-refractivity contribution in [1.29, 1.82) is 0 Å². The maximum Gasteiger partial charge on any atom is 0.105 e. The first-order valence-electron chi connectivity index (χ1n) is 10.7. The van der Waals surface area contributed by atoms with Gasteiger partial charge in [0, 0.05) is 5.92 Å². The van der Waals surface area contributed by atoms with Gasteiger partial charge in [0.2, 0.25) is 0 Å². The van der Waals surface area contributed by atoms with Gasteiger partial charge in [0.1, 0.15) is 6.23 Å². The number of rotatable bonds is 5. The predicted octanol–water partition coefficient (Wildman–Crippen LogP) is 5.30. The van der Waals surface area contributed by atoms with E-state index in [1.165, 1.54) is 38.5 Å². The summed E-state index contributed by atoms with van der Waals surface area (Å²) in [6, 6.07) is 0. The molecule has 0 spiro atoms. The molecule has 24 heavy (non-hydrogen) atoms. The van der Waals surface area contributed by atoms with Gasteiger partial charge < -0.3 is 10.8 Å². The highest BCUT2D eigenvalue weighted by molar-refractivity contribution is 4.94. The van der Waals surface area contributed by atoms with Gasteiger partial charge in [0.15, 0.2) is 0 Å². The zero-order valence-corrected chi connectivity index (χ0v) is 17.0. The molecule has 3 N–H and O–H groups in total. The van der Waals surface area contributed by atoms with Gasteiger partial charge in [-0.05, 0) is 73.0 Å². The van der Waals surface area contributed by atoms with E-state index in [9.17, 15) is 5.11 Å². The van der Waals surface area contributed by atoms with Gasteiger partial charge in [0.05, 0.1) is 0 Å². The van der Waals surface area contributed by atoms with Crippen LogP contribution in [0.15, 0.2) is 0 Å². The minimum absolute atomic E-state index is 0.287. The molecule has 2 aliphatic carbocycles. The Morgan fingerprint density at radius 1 is 0.708 bits per heavy atom. The third kappa shape index (κ3) is 4.55. The molecular weight excluding hydrogens is 294 g/mol. The lowest BCUT2D eigenvalue weighted by Gasteiger charge is -2.50. The van der Waals surface area contributed by atoms with Crippen LogP contribution < -0.4 is 5.73 Å². The van der Waals surface area contributed by atoms with Crippen molar-refractivity contribution in [3.05, 3.63) is 0 Å². The van der Waals surface area contributed by atoms with Crippen LogP contribution in [0.3, 0.4) is 0 Å². The molecule has 2 heteroatoms. The zero-order chi connectivity index (χ0) is 18.0. The molecule has 2 nitrogen and oxygen atoms in total. The molecule has 142 valence electrons. The summed E-state index contributed by atoms with van der Waals surface area (Å²) in [5.74, 6) is 5.91. The van der Waals surface area contributed by atoms with Crippen molar-refractivity contribution in [2.45, 2.75) is 86.3 Å². The molecule has 0 amide bonds. The Hall–Kier alpha value is -0.0800. The number of hydrogen-bond donors (Lipinski definition) is 2. The summed E-state index contributed by atoms with van der Waals surface area (Å²) in [4.78, 5) is 0. The third-order valence-corrected chi connectivity index (χ3v) is 7.53. The van der Waals surface area contributed by atoms with E-state index < -0.39 is 6.23 Å². The molecule has 0 aromatic heterocycles. The van der Waals surface area contributed by atoms with Gasteiger partial charge in [-0.15, -0.1) is 0 Å². The molecular formula is C22H43NO. The summed E-state index contributed by atoms with van der Waals surface area (Å²) in [7, 11) is 0. The highest BCUT2D eigenvalue weighted by Gasteiger charge is 2.45. The third-order valence-electron chi connectivity index (χ3n) is 7.53. The lowest BCUT2D eigenvalue weighted by molar-refractivity contribution is -0.0569. The molecule has 7 unspecified atom stereocenters. The van der Waals surface area contributed by atoms with Crippen LogP contribution in [-0.2, 0) is 0 Å². The van der Waals surface area contributed by atoms with Crippen LogP contribution in [0.1, 0.15) is 80.1 Å². The molecule has 0 bridgehead atoms. The molecule has 7 atom stereocenters. The lowest BCUT2D eigenvalue weighted by Crippen LogP contribution is -2.49. The Balaban J connectivity index is 2.30. The standard InChI is InChI=1S/C22H43NO/c1-13(2)17-9-7-15(5)11-19(17)21(22(23)24)20-12-16(6)8-10-18(20)14(3)4/h13-22,24H,7-12,23H2,1-6H3. The van der Waals surface area contributed by atoms with Gasteiger partial charge >= 0.3 is 0 Å². The van der Waals surface area contributed by atoms with E-state index in [0.29, 0.717) is 23.7 Å². The number of nitrogens with two attached hydrogens (primary N) is 1. The second-order valence-corrected chi connectivity index (χ2v) is 10.0. The second-order valence-electron chi connectivity index (χ2n) is 10.0. The summed E-state index contributed by atoms with van der Waals surface area (Å²) in [5.41, 5.74) is 6.27. The average molecular weight is 338 g/mol. The largest absolute Gasteiger partial charge is 0.379 e. The van der Waals surface area contributed by atoms with Crippen molar-refractivity contribution in [3.63, 3.8) is 0 Å². The second kappa shape index (κ2) is 8.54. The molecule has 2 aliphatic rings. The van der Waals surface area contributed by atoms with E-state index >= 15 is 0 Å². The quantitative estimate of drug-likeness (QED) is 0.669. The zero-order valence-electron chi connectivity index (χ0n) is 17.0. The van der Waals surface area contributed by atoms with Crippen molar-refractivity contribution >= 4 is 0 Å². The van der Waals surface area contributed by atoms with Crippen LogP contribution >= 0.6 is 0 Å². The first kappa shape index (κ1) is 20.2. The molecule has 2 saturated carbocycles. The topological polar surface area (TPSA) is 46.2 Å². The smallest absolute Gasteiger partial charge is 0.105 e. The molecule has 0 aromatic rings. The summed E-state index contributed by atoms with van der Waals surface area (Å²) >= 11 is 0. The van der Waals surface area contributed by atoms with Gasteiger partial charge in [-0.25, -0.2) is 0 Å². The van der Waals surface area contributed by atoms with E-state index in [0.717, 1.165) is 23.7 Å². The maximum atomic E-state index is 10.7. The lowest BCUT2D eigenvalue weighted by atomic mass is 9.56. The Bertz CT molecular complexity index is 346. The van der Waals surface area contributed by atoms with Crippen LogP contribution in [0.2, 0.25) is 0 Å². The van der Waals surface area contributed by atoms with Gasteiger partial charge in [-0.1, -0.05) is 54.4 Å². The van der Waals surface area contributed by atoms with Crippen LogP contribution in [0.4, 0.5) is 0 Å². The molecule has 0 radical (unpaired) electrons. The van der Waals surface area contributed by atoms with E-state index in [1.54, 1.807) is 0 Å². The maximum absolute atomic E-state index is 10.7. The summed E-state index contributed by atoms with van der Waals surface area (Å²) < 4.78 is 0. The Kier molecular flexibility index (Phi) is 7.20. The van der Waals surface area contributed by atoms with E-state index in [4.69, 9.17) is 5.73 Å². The van der Waals surface area contributed by atoms with Crippen LogP contribution in [0.5, 0.6) is 0 Å². The number of aliphatic hydroxyl groups excluding tert-OH is 1. The van der Waals surface area contributed by atoms with Crippen molar-refractivity contribution < 1.29 is 5.11 Å². The molecule has 0 aromatic carbocycles. The van der Waals surface area contributed by atoms with Crippen molar-refractivity contribution in [1.82, 2.24) is 0 Å². The number of aliphatic hydroxyl groups is 1.